The van der Waals surface area contributed by atoms with Gasteiger partial charge in [-0.1, -0.05) is 25.5 Å². The van der Waals surface area contributed by atoms with Crippen molar-refractivity contribution in [2.45, 2.75) is 72.3 Å². The van der Waals surface area contributed by atoms with Crippen LogP contribution in [0.25, 0.3) is 0 Å². The van der Waals surface area contributed by atoms with Gasteiger partial charge in [-0.25, -0.2) is 0 Å². The fourth-order valence-electron chi connectivity index (χ4n) is 7.22. The summed E-state index contributed by atoms with van der Waals surface area (Å²) in [5.41, 5.74) is 1.33. The number of Topliss-reactive ketones (excluding diaryl/α,β-unsaturated/α-hetero) is 1. The molecule has 0 amide bonds. The molecule has 0 aromatic carbocycles. The lowest BCUT2D eigenvalue weighted by Crippen LogP contribution is -2.57. The lowest BCUT2D eigenvalue weighted by atomic mass is 9.46. The number of ether oxygens (including phenoxy) is 2. The fourth-order valence-corrected chi connectivity index (χ4v) is 7.22. The van der Waals surface area contributed by atoms with Crippen LogP contribution in [0.1, 0.15) is 66.2 Å². The normalized spacial score (nSPS) is 38.8. The Bertz CT molecular complexity index is 898. The molecule has 2 saturated carbocycles. The number of hydrogen-bond donors (Lipinski definition) is 0. The summed E-state index contributed by atoms with van der Waals surface area (Å²) >= 11 is 0. The van der Waals surface area contributed by atoms with Crippen LogP contribution in [0.2, 0.25) is 0 Å². The lowest BCUT2D eigenvalue weighted by molar-refractivity contribution is -0.171. The zero-order valence-corrected chi connectivity index (χ0v) is 18.9. The summed E-state index contributed by atoms with van der Waals surface area (Å²) in [5.74, 6) is -0.0412. The van der Waals surface area contributed by atoms with E-state index in [2.05, 4.69) is 13.8 Å². The molecule has 0 heterocycles. The van der Waals surface area contributed by atoms with Gasteiger partial charge in [-0.2, -0.15) is 0 Å². The molecule has 0 bridgehead atoms. The van der Waals surface area contributed by atoms with Gasteiger partial charge in [-0.15, -0.1) is 0 Å². The van der Waals surface area contributed by atoms with Crippen molar-refractivity contribution in [3.8, 4) is 0 Å². The SMILES string of the molecule is CC(=O)OCC(=O)C1=CC[C@H]2[C@@H]3CCC4=CC(=O)CC[C@]4(C)[C@H]3[C@@H](OC(C)=O)C[C@]12C. The monoisotopic (exact) mass is 428 g/mol. The summed E-state index contributed by atoms with van der Waals surface area (Å²) in [6, 6.07) is 0. The molecule has 0 aliphatic heterocycles. The molecule has 31 heavy (non-hydrogen) atoms. The summed E-state index contributed by atoms with van der Waals surface area (Å²) in [4.78, 5) is 48.3. The van der Waals surface area contributed by atoms with Crippen molar-refractivity contribution in [2.24, 2.45) is 28.6 Å². The molecule has 6 atom stereocenters. The molecule has 4 rings (SSSR count). The van der Waals surface area contributed by atoms with Gasteiger partial charge in [0.1, 0.15) is 6.10 Å². The quantitative estimate of drug-likeness (QED) is 0.634. The van der Waals surface area contributed by atoms with Gasteiger partial charge in [0.15, 0.2) is 18.2 Å². The van der Waals surface area contributed by atoms with Crippen LogP contribution in [0, 0.1) is 28.6 Å². The first-order chi connectivity index (χ1) is 14.6. The Morgan fingerprint density at radius 2 is 1.84 bits per heavy atom. The zero-order chi connectivity index (χ0) is 22.6. The summed E-state index contributed by atoms with van der Waals surface area (Å²) in [5, 5.41) is 0. The van der Waals surface area contributed by atoms with E-state index in [0.717, 1.165) is 25.7 Å². The maximum absolute atomic E-state index is 12.9. The summed E-state index contributed by atoms with van der Waals surface area (Å²) in [6.45, 7) is 6.82. The first kappa shape index (κ1) is 22.0. The Kier molecular flexibility index (Phi) is 5.47. The average Bonchev–Trinajstić information content (AvgIpc) is 3.02. The third kappa shape index (κ3) is 3.58. The molecule has 6 heteroatoms. The van der Waals surface area contributed by atoms with Gasteiger partial charge in [0.2, 0.25) is 0 Å². The van der Waals surface area contributed by atoms with Gasteiger partial charge in [-0.3, -0.25) is 19.2 Å². The molecular weight excluding hydrogens is 396 g/mol. The van der Waals surface area contributed by atoms with E-state index in [1.165, 1.54) is 19.4 Å². The van der Waals surface area contributed by atoms with Gasteiger partial charge < -0.3 is 9.47 Å². The topological polar surface area (TPSA) is 86.7 Å². The van der Waals surface area contributed by atoms with E-state index in [1.54, 1.807) is 0 Å². The van der Waals surface area contributed by atoms with Gasteiger partial charge in [-0.05, 0) is 55.4 Å². The standard InChI is InChI=1S/C25H32O6/c1-14(26)30-13-21(29)20-8-7-19-18-6-5-16-11-17(28)9-10-24(16,3)23(18)22(31-15(2)27)12-25(19,20)4/h8,11,18-19,22-23H,5-7,9-10,12-13H2,1-4H3/t18-,19-,22-,23+,24-,25-/m0/s1. The van der Waals surface area contributed by atoms with Gasteiger partial charge >= 0.3 is 11.9 Å². The smallest absolute Gasteiger partial charge is 0.303 e. The minimum Gasteiger partial charge on any atom is -0.462 e. The average molecular weight is 429 g/mol. The molecule has 0 spiro atoms. The molecule has 0 unspecified atom stereocenters. The van der Waals surface area contributed by atoms with E-state index in [4.69, 9.17) is 9.47 Å². The second-order valence-corrected chi connectivity index (χ2v) is 10.2. The first-order valence-corrected chi connectivity index (χ1v) is 11.3. The molecule has 0 aromatic heterocycles. The number of ketones is 2. The Labute approximate surface area is 183 Å². The second-order valence-electron chi connectivity index (χ2n) is 10.2. The number of esters is 2. The van der Waals surface area contributed by atoms with Crippen LogP contribution in [0.5, 0.6) is 0 Å². The predicted molar refractivity (Wildman–Crippen MR) is 113 cm³/mol. The van der Waals surface area contributed by atoms with Crippen LogP contribution in [0.3, 0.4) is 0 Å². The Balaban J connectivity index is 1.69. The molecule has 0 saturated heterocycles. The van der Waals surface area contributed by atoms with Crippen molar-refractivity contribution in [1.29, 1.82) is 0 Å². The van der Waals surface area contributed by atoms with E-state index >= 15 is 0 Å². The molecule has 0 N–H and O–H groups in total. The lowest BCUT2D eigenvalue weighted by Gasteiger charge is -2.59. The van der Waals surface area contributed by atoms with Crippen molar-refractivity contribution < 1.29 is 28.7 Å². The van der Waals surface area contributed by atoms with Crippen molar-refractivity contribution >= 4 is 23.5 Å². The molecule has 6 nitrogen and oxygen atoms in total. The summed E-state index contributed by atoms with van der Waals surface area (Å²) < 4.78 is 10.9. The molecule has 4 aliphatic rings. The number of allylic oxidation sites excluding steroid dienone is 3. The van der Waals surface area contributed by atoms with Crippen LogP contribution < -0.4 is 0 Å². The highest BCUT2D eigenvalue weighted by atomic mass is 16.5. The Morgan fingerprint density at radius 1 is 1.10 bits per heavy atom. The third-order valence-electron chi connectivity index (χ3n) is 8.48. The number of fused-ring (bicyclic) bond motifs is 5. The van der Waals surface area contributed by atoms with Gasteiger partial charge in [0.05, 0.1) is 0 Å². The predicted octanol–water partition coefficient (Wildman–Crippen LogP) is 3.73. The van der Waals surface area contributed by atoms with Crippen molar-refractivity contribution in [3.05, 3.63) is 23.3 Å². The minimum absolute atomic E-state index is 0.138. The van der Waals surface area contributed by atoms with E-state index < -0.39 is 11.4 Å². The zero-order valence-electron chi connectivity index (χ0n) is 18.9. The van der Waals surface area contributed by atoms with Crippen molar-refractivity contribution in [2.75, 3.05) is 6.61 Å². The molecule has 0 aromatic rings. The van der Waals surface area contributed by atoms with E-state index in [0.29, 0.717) is 24.3 Å². The molecule has 2 fully saturated rings. The number of carbonyl (C=O) groups excluding carboxylic acids is 4. The van der Waals surface area contributed by atoms with Crippen LogP contribution in [0.4, 0.5) is 0 Å². The number of hydrogen-bond acceptors (Lipinski definition) is 6. The van der Waals surface area contributed by atoms with Crippen LogP contribution in [-0.2, 0) is 28.7 Å². The first-order valence-electron chi connectivity index (χ1n) is 11.3. The van der Waals surface area contributed by atoms with Crippen LogP contribution in [0.15, 0.2) is 23.3 Å². The Hall–Kier alpha value is -2.24. The summed E-state index contributed by atoms with van der Waals surface area (Å²) in [7, 11) is 0. The molecular formula is C25H32O6. The highest BCUT2D eigenvalue weighted by Crippen LogP contribution is 2.65. The van der Waals surface area contributed by atoms with Crippen LogP contribution >= 0.6 is 0 Å². The number of carbonyl (C=O) groups is 4. The molecule has 168 valence electrons. The highest BCUT2D eigenvalue weighted by Gasteiger charge is 2.62. The van der Waals surface area contributed by atoms with E-state index in [9.17, 15) is 19.2 Å². The van der Waals surface area contributed by atoms with E-state index in [-0.39, 0.29) is 47.5 Å². The van der Waals surface area contributed by atoms with Crippen LogP contribution in [-0.4, -0.2) is 36.2 Å². The molecule has 4 aliphatic carbocycles. The maximum atomic E-state index is 12.9. The van der Waals surface area contributed by atoms with Crippen molar-refractivity contribution in [1.82, 2.24) is 0 Å². The molecule has 0 radical (unpaired) electrons. The van der Waals surface area contributed by atoms with Crippen molar-refractivity contribution in [3.63, 3.8) is 0 Å². The minimum atomic E-state index is -0.471. The number of rotatable bonds is 4. The fraction of sp³-hybridized carbons (Fsp3) is 0.680. The van der Waals surface area contributed by atoms with Gasteiger partial charge in [0.25, 0.3) is 0 Å². The summed E-state index contributed by atoms with van der Waals surface area (Å²) in [6.07, 6.45) is 8.03. The largest absolute Gasteiger partial charge is 0.462 e. The van der Waals surface area contributed by atoms with Gasteiger partial charge in [0, 0.05) is 37.2 Å². The highest BCUT2D eigenvalue weighted by molar-refractivity contribution is 5.99. The third-order valence-corrected chi connectivity index (χ3v) is 8.48. The Morgan fingerprint density at radius 3 is 2.52 bits per heavy atom. The maximum Gasteiger partial charge on any atom is 0.303 e. The second kappa shape index (κ2) is 7.72. The van der Waals surface area contributed by atoms with E-state index in [1.807, 2.05) is 12.2 Å².